The Morgan fingerprint density at radius 1 is 1.43 bits per heavy atom. The Kier molecular flexibility index (Phi) is 3.63. The Morgan fingerprint density at radius 2 is 2.19 bits per heavy atom. The van der Waals surface area contributed by atoms with Crippen molar-refractivity contribution in [3.05, 3.63) is 23.4 Å². The number of halogens is 1. The molecule has 2 heterocycles. The van der Waals surface area contributed by atoms with E-state index < -0.39 is 0 Å². The highest BCUT2D eigenvalue weighted by molar-refractivity contribution is 6.38. The highest BCUT2D eigenvalue weighted by Crippen LogP contribution is 2.31. The number of aryl methyl sites for hydroxylation is 1. The fraction of sp³-hybridized carbons (Fsp3) is 0.467. The predicted molar refractivity (Wildman–Crippen MR) is 84.6 cm³/mol. The van der Waals surface area contributed by atoms with Crippen LogP contribution in [0.4, 0.5) is 5.69 Å². The molecule has 1 aromatic carbocycles. The number of rotatable bonds is 2. The van der Waals surface area contributed by atoms with Crippen LogP contribution >= 0.6 is 11.6 Å². The zero-order chi connectivity index (χ0) is 15.1. The van der Waals surface area contributed by atoms with Gasteiger partial charge < -0.3 is 5.32 Å². The summed E-state index contributed by atoms with van der Waals surface area (Å²) in [6.45, 7) is 3.12. The van der Waals surface area contributed by atoms with Gasteiger partial charge in [0.25, 0.3) is 0 Å². The molecule has 2 atom stereocenters. The van der Waals surface area contributed by atoms with Crippen LogP contribution in [0.25, 0.3) is 10.9 Å². The molecule has 0 bridgehead atoms. The summed E-state index contributed by atoms with van der Waals surface area (Å²) in [5.74, 6) is 0.550. The van der Waals surface area contributed by atoms with Crippen molar-refractivity contribution in [1.82, 2.24) is 14.7 Å². The van der Waals surface area contributed by atoms with Crippen molar-refractivity contribution >= 4 is 34.1 Å². The first kappa shape index (κ1) is 14.4. The maximum absolute atomic E-state index is 12.4. The average Bonchev–Trinajstić information content (AvgIpc) is 2.95. The summed E-state index contributed by atoms with van der Waals surface area (Å²) >= 11 is 6.39. The first-order chi connectivity index (χ1) is 9.95. The van der Waals surface area contributed by atoms with Crippen LogP contribution in [0.5, 0.6) is 0 Å². The molecule has 1 aliphatic heterocycles. The number of aromatic nitrogens is 2. The second-order valence-corrected chi connectivity index (χ2v) is 6.33. The lowest BCUT2D eigenvalue weighted by atomic mass is 10.1. The largest absolute Gasteiger partial charge is 0.323 e. The number of likely N-dealkylation sites (tertiary alicyclic amines) is 1. The molecule has 1 fully saturated rings. The lowest BCUT2D eigenvalue weighted by Gasteiger charge is -2.19. The summed E-state index contributed by atoms with van der Waals surface area (Å²) < 4.78 is 1.72. The number of nitrogens with zero attached hydrogens (tertiary/aromatic N) is 3. The Balaban J connectivity index is 1.84. The number of benzene rings is 1. The number of carbonyl (C=O) groups excluding carboxylic acids is 1. The summed E-state index contributed by atoms with van der Waals surface area (Å²) in [6.07, 6.45) is 2.74. The van der Waals surface area contributed by atoms with Crippen LogP contribution in [-0.2, 0) is 11.8 Å². The summed E-state index contributed by atoms with van der Waals surface area (Å²) in [7, 11) is 3.84. The maximum Gasteiger partial charge on any atom is 0.241 e. The van der Waals surface area contributed by atoms with Crippen LogP contribution in [0.3, 0.4) is 0 Å². The minimum Gasteiger partial charge on any atom is -0.323 e. The van der Waals surface area contributed by atoms with Gasteiger partial charge in [0.2, 0.25) is 5.91 Å². The van der Waals surface area contributed by atoms with Gasteiger partial charge in [-0.15, -0.1) is 0 Å². The third-order valence-electron chi connectivity index (χ3n) is 4.06. The number of hydrogen-bond donors (Lipinski definition) is 1. The molecule has 1 aromatic heterocycles. The SMILES string of the molecule is CC1C[C@@H](C(=O)Nc2ccc3nn(C)cc3c2Cl)N(C)C1. The molecule has 0 spiro atoms. The summed E-state index contributed by atoms with van der Waals surface area (Å²) in [4.78, 5) is 14.5. The van der Waals surface area contributed by atoms with Gasteiger partial charge in [-0.25, -0.2) is 0 Å². The van der Waals surface area contributed by atoms with E-state index >= 15 is 0 Å². The van der Waals surface area contributed by atoms with E-state index in [9.17, 15) is 4.79 Å². The normalized spacial score (nSPS) is 22.9. The Morgan fingerprint density at radius 3 is 2.86 bits per heavy atom. The van der Waals surface area contributed by atoms with E-state index in [0.29, 0.717) is 16.6 Å². The van der Waals surface area contributed by atoms with Crippen LogP contribution in [0.1, 0.15) is 13.3 Å². The second-order valence-electron chi connectivity index (χ2n) is 5.95. The van der Waals surface area contributed by atoms with E-state index in [1.165, 1.54) is 0 Å². The van der Waals surface area contributed by atoms with Gasteiger partial charge in [-0.2, -0.15) is 5.10 Å². The Labute approximate surface area is 128 Å². The fourth-order valence-corrected chi connectivity index (χ4v) is 3.31. The van der Waals surface area contributed by atoms with Gasteiger partial charge in [-0.05, 0) is 31.5 Å². The molecule has 0 saturated carbocycles. The molecule has 1 amide bonds. The van der Waals surface area contributed by atoms with Gasteiger partial charge in [-0.3, -0.25) is 14.4 Å². The molecule has 1 aliphatic rings. The summed E-state index contributed by atoms with van der Waals surface area (Å²) in [5.41, 5.74) is 1.47. The van der Waals surface area contributed by atoms with Crippen LogP contribution in [0, 0.1) is 5.92 Å². The van der Waals surface area contributed by atoms with Gasteiger partial charge in [0.05, 0.1) is 22.3 Å². The van der Waals surface area contributed by atoms with Crippen molar-refractivity contribution in [2.24, 2.45) is 13.0 Å². The number of likely N-dealkylation sites (N-methyl/N-ethyl adjacent to an activating group) is 1. The maximum atomic E-state index is 12.4. The molecule has 6 heteroatoms. The number of anilines is 1. The lowest BCUT2D eigenvalue weighted by Crippen LogP contribution is -2.37. The van der Waals surface area contributed by atoms with E-state index in [1.807, 2.05) is 32.4 Å². The van der Waals surface area contributed by atoms with Crippen molar-refractivity contribution in [2.75, 3.05) is 18.9 Å². The third kappa shape index (κ3) is 2.63. The molecular formula is C15H19ClN4O. The van der Waals surface area contributed by atoms with Gasteiger partial charge in [0.15, 0.2) is 0 Å². The molecular weight excluding hydrogens is 288 g/mol. The van der Waals surface area contributed by atoms with Gasteiger partial charge in [-0.1, -0.05) is 18.5 Å². The lowest BCUT2D eigenvalue weighted by molar-refractivity contribution is -0.119. The molecule has 1 N–H and O–H groups in total. The molecule has 21 heavy (non-hydrogen) atoms. The molecule has 3 rings (SSSR count). The number of hydrogen-bond acceptors (Lipinski definition) is 3. The van der Waals surface area contributed by atoms with Crippen molar-refractivity contribution in [3.8, 4) is 0 Å². The zero-order valence-electron chi connectivity index (χ0n) is 12.4. The van der Waals surface area contributed by atoms with Crippen LogP contribution < -0.4 is 5.32 Å². The first-order valence-electron chi connectivity index (χ1n) is 7.08. The highest BCUT2D eigenvalue weighted by Gasteiger charge is 2.32. The highest BCUT2D eigenvalue weighted by atomic mass is 35.5. The van der Waals surface area contributed by atoms with Gasteiger partial charge in [0, 0.05) is 25.2 Å². The van der Waals surface area contributed by atoms with Gasteiger partial charge in [0.1, 0.15) is 0 Å². The topological polar surface area (TPSA) is 50.2 Å². The van der Waals surface area contributed by atoms with E-state index in [-0.39, 0.29) is 11.9 Å². The van der Waals surface area contributed by atoms with E-state index in [4.69, 9.17) is 11.6 Å². The minimum absolute atomic E-state index is 0.00647. The first-order valence-corrected chi connectivity index (χ1v) is 7.46. The molecule has 0 aliphatic carbocycles. The van der Waals surface area contributed by atoms with Crippen LogP contribution in [0.15, 0.2) is 18.3 Å². The Bertz CT molecular complexity index is 696. The molecule has 1 unspecified atom stereocenters. The molecule has 2 aromatic rings. The predicted octanol–water partition coefficient (Wildman–Crippen LogP) is 2.51. The fourth-order valence-electron chi connectivity index (χ4n) is 3.05. The van der Waals surface area contributed by atoms with Crippen LogP contribution in [-0.4, -0.2) is 40.2 Å². The Hall–Kier alpha value is -1.59. The van der Waals surface area contributed by atoms with E-state index in [0.717, 1.165) is 23.9 Å². The van der Waals surface area contributed by atoms with Crippen molar-refractivity contribution < 1.29 is 4.79 Å². The van der Waals surface area contributed by atoms with Gasteiger partial charge >= 0.3 is 0 Å². The smallest absolute Gasteiger partial charge is 0.241 e. The quantitative estimate of drug-likeness (QED) is 0.927. The molecule has 5 nitrogen and oxygen atoms in total. The number of fused-ring (bicyclic) bond motifs is 1. The van der Waals surface area contributed by atoms with Crippen molar-refractivity contribution in [3.63, 3.8) is 0 Å². The van der Waals surface area contributed by atoms with E-state index in [2.05, 4.69) is 22.2 Å². The van der Waals surface area contributed by atoms with E-state index in [1.54, 1.807) is 4.68 Å². The summed E-state index contributed by atoms with van der Waals surface area (Å²) in [6, 6.07) is 3.60. The second kappa shape index (κ2) is 5.31. The third-order valence-corrected chi connectivity index (χ3v) is 4.46. The molecule has 0 radical (unpaired) electrons. The van der Waals surface area contributed by atoms with Crippen molar-refractivity contribution in [2.45, 2.75) is 19.4 Å². The average molecular weight is 307 g/mol. The zero-order valence-corrected chi connectivity index (χ0v) is 13.2. The minimum atomic E-state index is -0.0827. The number of carbonyl (C=O) groups is 1. The number of nitrogens with one attached hydrogen (secondary N) is 1. The molecule has 1 saturated heterocycles. The number of amides is 1. The van der Waals surface area contributed by atoms with Crippen LogP contribution in [0.2, 0.25) is 5.02 Å². The monoisotopic (exact) mass is 306 g/mol. The van der Waals surface area contributed by atoms with Crippen molar-refractivity contribution in [1.29, 1.82) is 0 Å². The summed E-state index contributed by atoms with van der Waals surface area (Å²) in [5, 5.41) is 8.66. The molecule has 112 valence electrons. The standard InChI is InChI=1S/C15H19ClN4O/c1-9-6-13(19(2)7-9)15(21)17-12-5-4-11-10(14(12)16)8-20(3)18-11/h4-5,8-9,13H,6-7H2,1-3H3,(H,17,21)/t9?,13-/m0/s1.